The van der Waals surface area contributed by atoms with Crippen molar-refractivity contribution in [3.63, 3.8) is 0 Å². The number of nitrogens with one attached hydrogen (secondary N) is 2. The minimum atomic E-state index is -2.92. The first-order valence-corrected chi connectivity index (χ1v) is 6.94. The molecule has 114 valence electrons. The van der Waals surface area contributed by atoms with E-state index in [4.69, 9.17) is 0 Å². The Hall–Kier alpha value is -0.920. The van der Waals surface area contributed by atoms with Crippen molar-refractivity contribution in [3.05, 3.63) is 15.8 Å². The highest BCUT2D eigenvalue weighted by atomic mass is 35.5. The molecule has 1 aromatic heterocycles. The SMILES string of the molecule is Cc1cc(OC(F)F)c(C(=O)NCC2CCCN2)s1.Cl. The Kier molecular flexibility index (Phi) is 6.64. The number of ether oxygens (including phenoxy) is 1. The van der Waals surface area contributed by atoms with Crippen LogP contribution < -0.4 is 15.4 Å². The molecule has 1 amide bonds. The van der Waals surface area contributed by atoms with Crippen molar-refractivity contribution >= 4 is 29.7 Å². The predicted molar refractivity (Wildman–Crippen MR) is 76.3 cm³/mol. The topological polar surface area (TPSA) is 50.4 Å². The van der Waals surface area contributed by atoms with Crippen LogP contribution in [0.1, 0.15) is 27.4 Å². The smallest absolute Gasteiger partial charge is 0.387 e. The molecule has 1 aliphatic heterocycles. The van der Waals surface area contributed by atoms with Gasteiger partial charge in [-0.2, -0.15) is 8.78 Å². The van der Waals surface area contributed by atoms with Crippen LogP contribution in [-0.2, 0) is 0 Å². The third-order valence-electron chi connectivity index (χ3n) is 2.91. The molecule has 1 aliphatic rings. The first-order chi connectivity index (χ1) is 9.06. The van der Waals surface area contributed by atoms with Gasteiger partial charge in [0.05, 0.1) is 0 Å². The van der Waals surface area contributed by atoms with Gasteiger partial charge in [-0.1, -0.05) is 0 Å². The van der Waals surface area contributed by atoms with E-state index in [2.05, 4.69) is 15.4 Å². The molecule has 2 heterocycles. The maximum atomic E-state index is 12.2. The summed E-state index contributed by atoms with van der Waals surface area (Å²) < 4.78 is 28.9. The van der Waals surface area contributed by atoms with Crippen LogP contribution in [0, 0.1) is 6.92 Å². The van der Waals surface area contributed by atoms with Gasteiger partial charge in [0.1, 0.15) is 10.6 Å². The molecule has 0 saturated carbocycles. The molecule has 0 radical (unpaired) electrons. The van der Waals surface area contributed by atoms with Gasteiger partial charge < -0.3 is 15.4 Å². The van der Waals surface area contributed by atoms with E-state index in [9.17, 15) is 13.6 Å². The van der Waals surface area contributed by atoms with Crippen molar-refractivity contribution < 1.29 is 18.3 Å². The lowest BCUT2D eigenvalue weighted by Gasteiger charge is -2.11. The maximum absolute atomic E-state index is 12.2. The number of aryl methyl sites for hydroxylation is 1. The maximum Gasteiger partial charge on any atom is 0.387 e. The molecule has 2 N–H and O–H groups in total. The van der Waals surface area contributed by atoms with E-state index >= 15 is 0 Å². The number of carbonyl (C=O) groups excluding carboxylic acids is 1. The predicted octanol–water partition coefficient (Wildman–Crippen LogP) is 2.56. The zero-order valence-corrected chi connectivity index (χ0v) is 12.6. The highest BCUT2D eigenvalue weighted by Crippen LogP contribution is 2.30. The molecule has 4 nitrogen and oxygen atoms in total. The molecule has 0 bridgehead atoms. The minimum Gasteiger partial charge on any atom is -0.433 e. The summed E-state index contributed by atoms with van der Waals surface area (Å²) in [5, 5.41) is 6.00. The van der Waals surface area contributed by atoms with Crippen molar-refractivity contribution in [2.75, 3.05) is 13.1 Å². The lowest BCUT2D eigenvalue weighted by molar-refractivity contribution is -0.0498. The van der Waals surface area contributed by atoms with Crippen LogP contribution in [0.5, 0.6) is 5.75 Å². The summed E-state index contributed by atoms with van der Waals surface area (Å²) in [6.45, 7) is 0.290. The summed E-state index contributed by atoms with van der Waals surface area (Å²) in [7, 11) is 0. The van der Waals surface area contributed by atoms with Crippen molar-refractivity contribution in [1.82, 2.24) is 10.6 Å². The fraction of sp³-hybridized carbons (Fsp3) is 0.583. The molecule has 1 unspecified atom stereocenters. The fourth-order valence-electron chi connectivity index (χ4n) is 2.06. The average Bonchev–Trinajstić information content (AvgIpc) is 2.95. The molecule has 0 aromatic carbocycles. The van der Waals surface area contributed by atoms with Crippen LogP contribution in [0.4, 0.5) is 8.78 Å². The van der Waals surface area contributed by atoms with Crippen molar-refractivity contribution in [1.29, 1.82) is 0 Å². The summed E-state index contributed by atoms with van der Waals surface area (Å²) >= 11 is 1.16. The fourth-order valence-corrected chi connectivity index (χ4v) is 2.92. The van der Waals surface area contributed by atoms with E-state index in [-0.39, 0.29) is 35.0 Å². The lowest BCUT2D eigenvalue weighted by Crippen LogP contribution is -2.37. The van der Waals surface area contributed by atoms with Gasteiger partial charge in [0.15, 0.2) is 0 Å². The molecule has 20 heavy (non-hydrogen) atoms. The van der Waals surface area contributed by atoms with Gasteiger partial charge in [-0.05, 0) is 32.4 Å². The van der Waals surface area contributed by atoms with Crippen molar-refractivity contribution in [2.24, 2.45) is 0 Å². The number of rotatable bonds is 5. The molecular formula is C12H17ClF2N2O2S. The lowest BCUT2D eigenvalue weighted by atomic mass is 10.2. The molecule has 1 fully saturated rings. The van der Waals surface area contributed by atoms with Crippen LogP contribution in [-0.4, -0.2) is 31.7 Å². The first-order valence-electron chi connectivity index (χ1n) is 6.13. The Morgan fingerprint density at radius 3 is 3.00 bits per heavy atom. The average molecular weight is 327 g/mol. The van der Waals surface area contributed by atoms with Gasteiger partial charge in [0.2, 0.25) is 0 Å². The Morgan fingerprint density at radius 1 is 1.65 bits per heavy atom. The minimum absolute atomic E-state index is 0. The van der Waals surface area contributed by atoms with Gasteiger partial charge in [0, 0.05) is 17.5 Å². The molecule has 8 heteroatoms. The number of hydrogen-bond donors (Lipinski definition) is 2. The largest absolute Gasteiger partial charge is 0.433 e. The molecule has 1 aromatic rings. The molecule has 0 spiro atoms. The number of amides is 1. The van der Waals surface area contributed by atoms with Crippen LogP contribution in [0.3, 0.4) is 0 Å². The van der Waals surface area contributed by atoms with Gasteiger partial charge in [-0.15, -0.1) is 23.7 Å². The quantitative estimate of drug-likeness (QED) is 0.874. The van der Waals surface area contributed by atoms with Gasteiger partial charge >= 0.3 is 6.61 Å². The summed E-state index contributed by atoms with van der Waals surface area (Å²) in [6, 6.07) is 1.73. The number of thiophene rings is 1. The standard InChI is InChI=1S/C12H16F2N2O2S.ClH/c1-7-5-9(18-12(13)14)10(19-7)11(17)16-6-8-3-2-4-15-8;/h5,8,12,15H,2-4,6H2,1H3,(H,16,17);1H. The summed E-state index contributed by atoms with van der Waals surface area (Å²) in [5.41, 5.74) is 0. The molecule has 1 atom stereocenters. The zero-order chi connectivity index (χ0) is 13.8. The molecular weight excluding hydrogens is 310 g/mol. The van der Waals surface area contributed by atoms with E-state index in [0.717, 1.165) is 35.6 Å². The van der Waals surface area contributed by atoms with Crippen molar-refractivity contribution in [2.45, 2.75) is 32.4 Å². The van der Waals surface area contributed by atoms with E-state index < -0.39 is 6.61 Å². The van der Waals surface area contributed by atoms with E-state index in [0.29, 0.717) is 6.54 Å². The Balaban J connectivity index is 0.00000200. The highest BCUT2D eigenvalue weighted by molar-refractivity contribution is 7.14. The third-order valence-corrected chi connectivity index (χ3v) is 3.95. The van der Waals surface area contributed by atoms with Gasteiger partial charge in [0.25, 0.3) is 5.91 Å². The molecule has 2 rings (SSSR count). The molecule has 0 aliphatic carbocycles. The zero-order valence-electron chi connectivity index (χ0n) is 10.9. The number of alkyl halides is 2. The van der Waals surface area contributed by atoms with Crippen LogP contribution >= 0.6 is 23.7 Å². The Morgan fingerprint density at radius 2 is 2.40 bits per heavy atom. The summed E-state index contributed by atoms with van der Waals surface area (Å²) in [5.74, 6) is -0.406. The number of carbonyl (C=O) groups is 1. The van der Waals surface area contributed by atoms with Gasteiger partial charge in [-0.3, -0.25) is 4.79 Å². The van der Waals surface area contributed by atoms with E-state index in [1.807, 2.05) is 0 Å². The second kappa shape index (κ2) is 7.75. The normalized spacial score (nSPS) is 17.9. The monoisotopic (exact) mass is 326 g/mol. The number of halogens is 3. The Bertz CT molecular complexity index is 451. The van der Waals surface area contributed by atoms with Crippen LogP contribution in [0.2, 0.25) is 0 Å². The number of hydrogen-bond acceptors (Lipinski definition) is 4. The highest BCUT2D eigenvalue weighted by Gasteiger charge is 2.21. The van der Waals surface area contributed by atoms with E-state index in [1.165, 1.54) is 6.07 Å². The second-order valence-electron chi connectivity index (χ2n) is 4.43. The van der Waals surface area contributed by atoms with Crippen LogP contribution in [0.25, 0.3) is 0 Å². The summed E-state index contributed by atoms with van der Waals surface area (Å²) in [6.07, 6.45) is 2.11. The second-order valence-corrected chi connectivity index (χ2v) is 5.69. The van der Waals surface area contributed by atoms with E-state index in [1.54, 1.807) is 6.92 Å². The first kappa shape index (κ1) is 17.1. The summed E-state index contributed by atoms with van der Waals surface area (Å²) in [4.78, 5) is 12.9. The molecule has 1 saturated heterocycles. The van der Waals surface area contributed by atoms with Gasteiger partial charge in [-0.25, -0.2) is 0 Å². The third kappa shape index (κ3) is 4.57. The van der Waals surface area contributed by atoms with Crippen LogP contribution in [0.15, 0.2) is 6.07 Å². The van der Waals surface area contributed by atoms with Crippen molar-refractivity contribution in [3.8, 4) is 5.75 Å². The Labute approximate surface area is 126 Å².